The van der Waals surface area contributed by atoms with Gasteiger partial charge in [-0.15, -0.1) is 0 Å². The van der Waals surface area contributed by atoms with Crippen LogP contribution in [0.15, 0.2) is 43.4 Å². The molecule has 140 valence electrons. The molecule has 1 heterocycles. The van der Waals surface area contributed by atoms with E-state index in [9.17, 15) is 0 Å². The quantitative estimate of drug-likeness (QED) is 0.280. The Kier molecular flexibility index (Phi) is 8.59. The largest absolute Gasteiger partial charge is 0.373 e. The van der Waals surface area contributed by atoms with Crippen LogP contribution in [0.4, 0.5) is 11.5 Å². The van der Waals surface area contributed by atoms with E-state index in [0.717, 1.165) is 50.4 Å². The summed E-state index contributed by atoms with van der Waals surface area (Å²) in [5.41, 5.74) is 0.942. The first kappa shape index (κ1) is 21.4. The molecule has 0 unspecified atom stereocenters. The molecule has 0 bridgehead atoms. The number of hydrogen-bond donors (Lipinski definition) is 2. The molecule has 2 N–H and O–H groups in total. The lowest BCUT2D eigenvalue weighted by Crippen LogP contribution is -2.31. The molecule has 1 aromatic carbocycles. The summed E-state index contributed by atoms with van der Waals surface area (Å²) in [5, 5.41) is 7.91. The van der Waals surface area contributed by atoms with Crippen LogP contribution in [0.2, 0.25) is 0 Å². The van der Waals surface area contributed by atoms with Crippen LogP contribution in [-0.2, 0) is 0 Å². The second-order valence-electron chi connectivity index (χ2n) is 5.59. The summed E-state index contributed by atoms with van der Waals surface area (Å²) < 4.78 is 1.53. The molecule has 0 fully saturated rings. The Morgan fingerprint density at radius 1 is 1.23 bits per heavy atom. The van der Waals surface area contributed by atoms with E-state index >= 15 is 0 Å². The Morgan fingerprint density at radius 3 is 2.69 bits per heavy atom. The molecule has 0 aliphatic carbocycles. The van der Waals surface area contributed by atoms with Gasteiger partial charge in [0, 0.05) is 41.8 Å². The van der Waals surface area contributed by atoms with E-state index in [1.54, 1.807) is 11.8 Å². The Labute approximate surface area is 181 Å². The highest BCUT2D eigenvalue weighted by atomic mass is 79.9. The first-order valence-corrected chi connectivity index (χ1v) is 10.9. The predicted octanol–water partition coefficient (Wildman–Crippen LogP) is 5.62. The van der Waals surface area contributed by atoms with Crippen LogP contribution in [0.3, 0.4) is 0 Å². The second-order valence-corrected chi connectivity index (χ2v) is 8.70. The van der Waals surface area contributed by atoms with Gasteiger partial charge in [-0.2, -0.15) is 0 Å². The summed E-state index contributed by atoms with van der Waals surface area (Å²) in [7, 11) is 3.84. The van der Waals surface area contributed by atoms with Gasteiger partial charge in [0.05, 0.1) is 0 Å². The van der Waals surface area contributed by atoms with Gasteiger partial charge in [-0.25, -0.2) is 9.97 Å². The van der Waals surface area contributed by atoms with Crippen molar-refractivity contribution in [1.82, 2.24) is 14.9 Å². The van der Waals surface area contributed by atoms with E-state index in [1.807, 2.05) is 26.2 Å². The number of anilines is 2. The maximum atomic E-state index is 5.50. The van der Waals surface area contributed by atoms with Gasteiger partial charge in [0.1, 0.15) is 10.8 Å². The molecule has 0 atom stereocenters. The van der Waals surface area contributed by atoms with Crippen molar-refractivity contribution in [1.29, 1.82) is 0 Å². The minimum atomic E-state index is 0.555. The number of rotatable bonds is 7. The molecule has 0 radical (unpaired) electrons. The third-order valence-corrected chi connectivity index (χ3v) is 5.59. The van der Waals surface area contributed by atoms with Gasteiger partial charge in [-0.05, 0) is 52.8 Å². The van der Waals surface area contributed by atoms with Crippen molar-refractivity contribution in [3.05, 3.63) is 33.5 Å². The van der Waals surface area contributed by atoms with Gasteiger partial charge in [0.2, 0.25) is 0 Å². The fraction of sp³-hybridized carbons (Fsp3) is 0.353. The zero-order chi connectivity index (χ0) is 19.1. The first-order chi connectivity index (χ1) is 12.4. The summed E-state index contributed by atoms with van der Waals surface area (Å²) in [4.78, 5) is 11.8. The van der Waals surface area contributed by atoms with Crippen LogP contribution in [0.1, 0.15) is 19.8 Å². The van der Waals surface area contributed by atoms with Crippen molar-refractivity contribution < 1.29 is 0 Å². The second kappa shape index (κ2) is 10.4. The number of hydrogen-bond acceptors (Lipinski definition) is 5. The molecular formula is C17H21Br2N5S2. The summed E-state index contributed by atoms with van der Waals surface area (Å²) >= 11 is 14.0. The molecule has 0 spiro atoms. The predicted molar refractivity (Wildman–Crippen MR) is 121 cm³/mol. The normalized spacial score (nSPS) is 10.5. The lowest BCUT2D eigenvalue weighted by atomic mass is 10.3. The lowest BCUT2D eigenvalue weighted by Gasteiger charge is -2.21. The number of halogens is 2. The van der Waals surface area contributed by atoms with Gasteiger partial charge >= 0.3 is 0 Å². The zero-order valence-electron chi connectivity index (χ0n) is 14.8. The topological polar surface area (TPSA) is 53.1 Å². The summed E-state index contributed by atoms with van der Waals surface area (Å²) in [6.07, 6.45) is 2.27. The highest BCUT2D eigenvalue weighted by molar-refractivity contribution is 9.10. The smallest absolute Gasteiger partial charge is 0.199 e. The van der Waals surface area contributed by atoms with Crippen LogP contribution in [0.5, 0.6) is 0 Å². The highest BCUT2D eigenvalue weighted by Crippen LogP contribution is 2.32. The molecule has 5 nitrogen and oxygen atoms in total. The number of unbranched alkanes of at least 4 members (excludes halogenated alkanes) is 1. The fourth-order valence-electron chi connectivity index (χ4n) is 2.11. The number of thiocarbonyl (C=S) groups is 1. The van der Waals surface area contributed by atoms with Crippen molar-refractivity contribution in [3.8, 4) is 0 Å². The Hall–Kier alpha value is -0.900. The minimum Gasteiger partial charge on any atom is -0.373 e. The van der Waals surface area contributed by atoms with E-state index in [0.29, 0.717) is 4.73 Å². The Balaban J connectivity index is 2.14. The Morgan fingerprint density at radius 2 is 2.00 bits per heavy atom. The molecule has 26 heavy (non-hydrogen) atoms. The van der Waals surface area contributed by atoms with Crippen molar-refractivity contribution in [2.24, 2.45) is 0 Å². The average Bonchev–Trinajstić information content (AvgIpc) is 2.58. The standard InChI is InChI=1S/C17H21Br2N5S2/c1-4-5-6-24(3)17(25)21-12-7-11(18)8-13(9-12)26-15-10-14(20-2)22-16(19)23-15/h7-10H,4-6H2,1-3H3,(H,21,25)(H,20,22,23). The molecular weight excluding hydrogens is 498 g/mol. The van der Waals surface area contributed by atoms with Crippen LogP contribution in [0, 0.1) is 0 Å². The zero-order valence-corrected chi connectivity index (χ0v) is 19.6. The monoisotopic (exact) mass is 517 g/mol. The van der Waals surface area contributed by atoms with Crippen LogP contribution < -0.4 is 10.6 Å². The van der Waals surface area contributed by atoms with Gasteiger partial charge < -0.3 is 15.5 Å². The number of benzene rings is 1. The van der Waals surface area contributed by atoms with Gasteiger partial charge in [-0.3, -0.25) is 0 Å². The number of nitrogens with one attached hydrogen (secondary N) is 2. The van der Waals surface area contributed by atoms with E-state index in [4.69, 9.17) is 12.2 Å². The van der Waals surface area contributed by atoms with Crippen molar-refractivity contribution in [2.75, 3.05) is 31.3 Å². The first-order valence-electron chi connectivity index (χ1n) is 8.14. The molecule has 1 aromatic heterocycles. The van der Waals surface area contributed by atoms with E-state index in [-0.39, 0.29) is 0 Å². The molecule has 2 rings (SSSR count). The molecule has 0 saturated carbocycles. The SMILES string of the molecule is CCCCN(C)C(=S)Nc1cc(Br)cc(Sc2cc(NC)nc(Br)n2)c1. The molecule has 0 aliphatic rings. The van der Waals surface area contributed by atoms with E-state index in [1.165, 1.54) is 0 Å². The maximum Gasteiger partial charge on any atom is 0.199 e. The summed E-state index contributed by atoms with van der Waals surface area (Å²) in [5.74, 6) is 0.765. The third-order valence-electron chi connectivity index (χ3n) is 3.47. The molecule has 0 amide bonds. The Bertz CT molecular complexity index is 773. The van der Waals surface area contributed by atoms with E-state index < -0.39 is 0 Å². The lowest BCUT2D eigenvalue weighted by molar-refractivity contribution is 0.491. The summed E-state index contributed by atoms with van der Waals surface area (Å²) in [6, 6.07) is 8.03. The van der Waals surface area contributed by atoms with Crippen molar-refractivity contribution in [3.63, 3.8) is 0 Å². The molecule has 0 aliphatic heterocycles. The number of nitrogens with zero attached hydrogens (tertiary/aromatic N) is 3. The average molecular weight is 519 g/mol. The van der Waals surface area contributed by atoms with Crippen molar-refractivity contribution in [2.45, 2.75) is 29.7 Å². The highest BCUT2D eigenvalue weighted by Gasteiger charge is 2.09. The summed E-state index contributed by atoms with van der Waals surface area (Å²) in [6.45, 7) is 3.12. The van der Waals surface area contributed by atoms with Crippen LogP contribution in [-0.4, -0.2) is 40.6 Å². The third kappa shape index (κ3) is 6.68. The number of aromatic nitrogens is 2. The van der Waals surface area contributed by atoms with Crippen molar-refractivity contribution >= 4 is 72.5 Å². The van der Waals surface area contributed by atoms with Gasteiger partial charge in [0.25, 0.3) is 0 Å². The van der Waals surface area contributed by atoms with Crippen LogP contribution in [0.25, 0.3) is 0 Å². The fourth-order valence-corrected chi connectivity index (χ4v) is 4.38. The van der Waals surface area contributed by atoms with E-state index in [2.05, 4.69) is 76.4 Å². The van der Waals surface area contributed by atoms with Gasteiger partial charge in [0.15, 0.2) is 9.85 Å². The molecule has 0 saturated heterocycles. The maximum absolute atomic E-state index is 5.50. The van der Waals surface area contributed by atoms with Crippen LogP contribution >= 0.6 is 55.8 Å². The van der Waals surface area contributed by atoms with Gasteiger partial charge in [-0.1, -0.05) is 41.0 Å². The molecule has 2 aromatic rings. The molecule has 9 heteroatoms. The minimum absolute atomic E-state index is 0.555.